The molecular formula is C18H28O4. The van der Waals surface area contributed by atoms with Gasteiger partial charge in [-0.2, -0.15) is 0 Å². The third-order valence-corrected chi connectivity index (χ3v) is 6.58. The van der Waals surface area contributed by atoms with E-state index in [2.05, 4.69) is 0 Å². The summed E-state index contributed by atoms with van der Waals surface area (Å²) in [7, 11) is 0. The second-order valence-corrected chi connectivity index (χ2v) is 8.50. The first-order chi connectivity index (χ1) is 10.3. The molecule has 124 valence electrons. The number of carboxylic acids is 1. The van der Waals surface area contributed by atoms with Crippen LogP contribution >= 0.6 is 0 Å². The number of hydrogen-bond donors (Lipinski definition) is 1. The second kappa shape index (κ2) is 5.24. The molecule has 0 aromatic heterocycles. The lowest BCUT2D eigenvalue weighted by Gasteiger charge is -2.60. The number of hydrogen-bond acceptors (Lipinski definition) is 3. The molecule has 4 aliphatic carbocycles. The van der Waals surface area contributed by atoms with Crippen LogP contribution in [0.25, 0.3) is 0 Å². The van der Waals surface area contributed by atoms with E-state index in [0.29, 0.717) is 17.8 Å². The molecule has 22 heavy (non-hydrogen) atoms. The molecule has 4 nitrogen and oxygen atoms in total. The van der Waals surface area contributed by atoms with Crippen molar-refractivity contribution in [2.75, 3.05) is 0 Å². The summed E-state index contributed by atoms with van der Waals surface area (Å²) >= 11 is 0. The number of carbonyl (C=O) groups excluding carboxylic acids is 1. The van der Waals surface area contributed by atoms with Crippen LogP contribution in [0, 0.1) is 29.1 Å². The van der Waals surface area contributed by atoms with Gasteiger partial charge in [0.25, 0.3) is 0 Å². The van der Waals surface area contributed by atoms with Gasteiger partial charge in [0.1, 0.15) is 5.60 Å². The molecule has 1 N–H and O–H groups in total. The molecule has 0 amide bonds. The largest absolute Gasteiger partial charge is 0.481 e. The van der Waals surface area contributed by atoms with Crippen molar-refractivity contribution < 1.29 is 19.4 Å². The SMILES string of the molecule is CCC(C)(C)C(=O)OC12CC3CC(CC(C3)C1CC(=O)O)C2. The lowest BCUT2D eigenvalue weighted by Crippen LogP contribution is -2.60. The molecule has 4 heteroatoms. The average Bonchev–Trinajstić information content (AvgIpc) is 2.41. The van der Waals surface area contributed by atoms with E-state index >= 15 is 0 Å². The van der Waals surface area contributed by atoms with Crippen molar-refractivity contribution >= 4 is 11.9 Å². The van der Waals surface area contributed by atoms with Crippen LogP contribution in [0.5, 0.6) is 0 Å². The van der Waals surface area contributed by atoms with E-state index in [9.17, 15) is 14.7 Å². The van der Waals surface area contributed by atoms with Gasteiger partial charge in [-0.3, -0.25) is 9.59 Å². The van der Waals surface area contributed by atoms with Gasteiger partial charge in [-0.05, 0) is 70.1 Å². The van der Waals surface area contributed by atoms with Crippen LogP contribution in [0.1, 0.15) is 65.7 Å². The Balaban J connectivity index is 1.86. The highest BCUT2D eigenvalue weighted by molar-refractivity contribution is 5.76. The van der Waals surface area contributed by atoms with Crippen molar-refractivity contribution in [2.45, 2.75) is 71.3 Å². The molecule has 0 aromatic rings. The zero-order valence-corrected chi connectivity index (χ0v) is 13.9. The Morgan fingerprint density at radius 3 is 2.27 bits per heavy atom. The van der Waals surface area contributed by atoms with Crippen LogP contribution in [0.4, 0.5) is 0 Å². The number of carbonyl (C=O) groups is 2. The van der Waals surface area contributed by atoms with Gasteiger partial charge >= 0.3 is 11.9 Å². The van der Waals surface area contributed by atoms with Crippen molar-refractivity contribution in [2.24, 2.45) is 29.1 Å². The minimum absolute atomic E-state index is 0.00871. The lowest BCUT2D eigenvalue weighted by molar-refractivity contribution is -0.218. The van der Waals surface area contributed by atoms with Gasteiger partial charge in [-0.1, -0.05) is 6.92 Å². The monoisotopic (exact) mass is 308 g/mol. The molecule has 0 aromatic carbocycles. The Bertz CT molecular complexity index is 467. The molecule has 0 heterocycles. The Morgan fingerprint density at radius 2 is 1.77 bits per heavy atom. The second-order valence-electron chi connectivity index (χ2n) is 8.50. The van der Waals surface area contributed by atoms with Crippen molar-refractivity contribution in [1.82, 2.24) is 0 Å². The van der Waals surface area contributed by atoms with Gasteiger partial charge in [0.2, 0.25) is 0 Å². The Kier molecular flexibility index (Phi) is 3.77. The molecule has 0 radical (unpaired) electrons. The first-order valence-corrected chi connectivity index (χ1v) is 8.71. The quantitative estimate of drug-likeness (QED) is 0.788. The number of carboxylic acid groups (broad SMARTS) is 1. The van der Waals surface area contributed by atoms with Crippen LogP contribution < -0.4 is 0 Å². The normalized spacial score (nSPS) is 39.8. The molecule has 0 aliphatic heterocycles. The maximum Gasteiger partial charge on any atom is 0.312 e. The zero-order chi connectivity index (χ0) is 16.1. The summed E-state index contributed by atoms with van der Waals surface area (Å²) in [6.07, 6.45) is 6.14. The van der Waals surface area contributed by atoms with Gasteiger partial charge in [0, 0.05) is 5.92 Å². The van der Waals surface area contributed by atoms with Crippen LogP contribution in [0.2, 0.25) is 0 Å². The molecular weight excluding hydrogens is 280 g/mol. The van der Waals surface area contributed by atoms with Gasteiger partial charge in [0.15, 0.2) is 0 Å². The lowest BCUT2D eigenvalue weighted by atomic mass is 9.49. The molecule has 4 saturated carbocycles. The Labute approximate surface area is 132 Å². The highest BCUT2D eigenvalue weighted by Gasteiger charge is 2.60. The summed E-state index contributed by atoms with van der Waals surface area (Å²) in [4.78, 5) is 24.0. The fourth-order valence-corrected chi connectivity index (χ4v) is 5.24. The molecule has 4 rings (SSSR count). The van der Waals surface area contributed by atoms with Crippen molar-refractivity contribution in [3.8, 4) is 0 Å². The summed E-state index contributed by atoms with van der Waals surface area (Å²) in [5, 5.41) is 9.31. The molecule has 4 aliphatic rings. The molecule has 4 fully saturated rings. The first kappa shape index (κ1) is 15.8. The Hall–Kier alpha value is -1.06. The third-order valence-electron chi connectivity index (χ3n) is 6.58. The zero-order valence-electron chi connectivity index (χ0n) is 13.9. The van der Waals surface area contributed by atoms with Crippen molar-refractivity contribution in [1.29, 1.82) is 0 Å². The van der Waals surface area contributed by atoms with E-state index in [4.69, 9.17) is 4.74 Å². The van der Waals surface area contributed by atoms with Gasteiger partial charge in [-0.25, -0.2) is 0 Å². The number of rotatable bonds is 5. The molecule has 0 spiro atoms. The van der Waals surface area contributed by atoms with Crippen molar-refractivity contribution in [3.63, 3.8) is 0 Å². The van der Waals surface area contributed by atoms with E-state index in [-0.39, 0.29) is 18.3 Å². The molecule has 4 bridgehead atoms. The summed E-state index contributed by atoms with van der Waals surface area (Å²) in [6, 6.07) is 0. The van der Waals surface area contributed by atoms with Gasteiger partial charge in [-0.15, -0.1) is 0 Å². The van der Waals surface area contributed by atoms with E-state index in [0.717, 1.165) is 32.1 Å². The summed E-state index contributed by atoms with van der Waals surface area (Å²) in [5.41, 5.74) is -0.992. The predicted octanol–water partition coefficient (Wildman–Crippen LogP) is 3.64. The maximum atomic E-state index is 12.6. The van der Waals surface area contributed by atoms with Crippen LogP contribution in [0.3, 0.4) is 0 Å². The van der Waals surface area contributed by atoms with Crippen molar-refractivity contribution in [3.05, 3.63) is 0 Å². The number of aliphatic carboxylic acids is 1. The fraction of sp³-hybridized carbons (Fsp3) is 0.889. The van der Waals surface area contributed by atoms with Gasteiger partial charge < -0.3 is 9.84 Å². The number of esters is 1. The van der Waals surface area contributed by atoms with Gasteiger partial charge in [0.05, 0.1) is 11.8 Å². The van der Waals surface area contributed by atoms with Crippen LogP contribution in [-0.4, -0.2) is 22.6 Å². The van der Waals surface area contributed by atoms with Crippen LogP contribution in [0.15, 0.2) is 0 Å². The van der Waals surface area contributed by atoms with E-state index < -0.39 is 17.0 Å². The average molecular weight is 308 g/mol. The smallest absolute Gasteiger partial charge is 0.312 e. The highest BCUT2D eigenvalue weighted by Crippen LogP contribution is 2.61. The van der Waals surface area contributed by atoms with E-state index in [1.165, 1.54) is 6.42 Å². The summed E-state index contributed by atoms with van der Waals surface area (Å²) in [6.45, 7) is 5.83. The maximum absolute atomic E-state index is 12.6. The topological polar surface area (TPSA) is 63.6 Å². The van der Waals surface area contributed by atoms with E-state index in [1.54, 1.807) is 0 Å². The standard InChI is InChI=1S/C18H28O4/c1-4-17(2,3)16(21)22-18-9-11-5-12(10-18)7-13(6-11)14(18)8-15(19)20/h11-14H,4-10H2,1-3H3,(H,19,20). The molecule has 0 saturated heterocycles. The fourth-order valence-electron chi connectivity index (χ4n) is 5.24. The number of ether oxygens (including phenoxy) is 1. The minimum atomic E-state index is -0.761. The predicted molar refractivity (Wildman–Crippen MR) is 82.2 cm³/mol. The minimum Gasteiger partial charge on any atom is -0.481 e. The summed E-state index contributed by atoms with van der Waals surface area (Å²) in [5.74, 6) is 0.782. The summed E-state index contributed by atoms with van der Waals surface area (Å²) < 4.78 is 6.12. The highest BCUT2D eigenvalue weighted by atomic mass is 16.6. The van der Waals surface area contributed by atoms with Crippen LogP contribution in [-0.2, 0) is 14.3 Å². The molecule has 3 unspecified atom stereocenters. The third kappa shape index (κ3) is 2.55. The van der Waals surface area contributed by atoms with E-state index in [1.807, 2.05) is 20.8 Å². The molecule has 3 atom stereocenters. The Morgan fingerprint density at radius 1 is 1.18 bits per heavy atom. The first-order valence-electron chi connectivity index (χ1n) is 8.71.